The third-order valence-electron chi connectivity index (χ3n) is 4.99. The van der Waals surface area contributed by atoms with Crippen molar-refractivity contribution in [3.05, 3.63) is 45.5 Å². The van der Waals surface area contributed by atoms with Crippen molar-refractivity contribution >= 4 is 11.0 Å². The lowest BCUT2D eigenvalue weighted by Gasteiger charge is -2.19. The van der Waals surface area contributed by atoms with Crippen LogP contribution in [0.1, 0.15) is 29.2 Å². The lowest BCUT2D eigenvalue weighted by Crippen LogP contribution is -2.33. The maximum atomic E-state index is 12.4. The maximum Gasteiger partial charge on any atom is 0.342 e. The van der Waals surface area contributed by atoms with Crippen molar-refractivity contribution in [1.82, 2.24) is 0 Å². The van der Waals surface area contributed by atoms with E-state index in [1.165, 1.54) is 19.4 Å². The minimum absolute atomic E-state index is 0.211. The Hall–Kier alpha value is -2.51. The average Bonchev–Trinajstić information content (AvgIpc) is 3.17. The molecule has 1 aromatic carbocycles. The molecule has 24 heavy (non-hydrogen) atoms. The summed E-state index contributed by atoms with van der Waals surface area (Å²) >= 11 is 0. The Morgan fingerprint density at radius 2 is 2.25 bits per heavy atom. The Labute approximate surface area is 135 Å². The molecule has 0 bridgehead atoms. The zero-order chi connectivity index (χ0) is 16.6. The summed E-state index contributed by atoms with van der Waals surface area (Å²) in [5.74, 6) is 0.809. The topological polar surface area (TPSA) is 98.4 Å². The van der Waals surface area contributed by atoms with Crippen molar-refractivity contribution in [1.29, 1.82) is 0 Å². The van der Waals surface area contributed by atoms with Crippen LogP contribution in [0.2, 0.25) is 0 Å². The van der Waals surface area contributed by atoms with Gasteiger partial charge in [-0.1, -0.05) is 0 Å². The monoisotopic (exact) mass is 330 g/mol. The predicted octanol–water partition coefficient (Wildman–Crippen LogP) is 1.23. The first-order valence-electron chi connectivity index (χ1n) is 7.66. The minimum atomic E-state index is -1.53. The van der Waals surface area contributed by atoms with Crippen LogP contribution < -0.4 is 15.1 Å². The number of hydrogen-bond acceptors (Lipinski definition) is 7. The van der Waals surface area contributed by atoms with E-state index in [9.17, 15) is 15.0 Å². The summed E-state index contributed by atoms with van der Waals surface area (Å²) < 4.78 is 21.9. The number of ether oxygens (including phenoxy) is 3. The highest BCUT2D eigenvalue weighted by Gasteiger charge is 2.53. The van der Waals surface area contributed by atoms with Gasteiger partial charge in [-0.2, -0.15) is 0 Å². The second-order valence-corrected chi connectivity index (χ2v) is 6.21. The quantitative estimate of drug-likeness (QED) is 0.759. The largest absolute Gasteiger partial charge is 0.496 e. The highest BCUT2D eigenvalue weighted by molar-refractivity contribution is 5.94. The summed E-state index contributed by atoms with van der Waals surface area (Å²) in [6.07, 6.45) is 2.04. The van der Waals surface area contributed by atoms with E-state index >= 15 is 0 Å². The molecule has 3 atom stereocenters. The minimum Gasteiger partial charge on any atom is -0.496 e. The summed E-state index contributed by atoms with van der Waals surface area (Å²) in [5, 5.41) is 21.6. The van der Waals surface area contributed by atoms with Gasteiger partial charge in [-0.25, -0.2) is 4.79 Å². The Bertz CT molecular complexity index is 973. The standard InChI is InChI=1S/C17H14O7/c1-21-9-6-10-13(17(20)4-5-22-16(17)23-10)14-12(9)7-2-3-8(18)11(7)15(19)24-14/h4-6,8,16,18,20H,2-3H2,1H3/t8?,16-,17-/m0/s1. The molecule has 124 valence electrons. The van der Waals surface area contributed by atoms with Gasteiger partial charge in [-0.15, -0.1) is 0 Å². The molecular weight excluding hydrogens is 316 g/mol. The van der Waals surface area contributed by atoms with E-state index in [0.29, 0.717) is 40.9 Å². The number of aryl methyl sites for hydroxylation is 1. The SMILES string of the molecule is COc1cc2c(c3oc(=O)c4c(c13)CCC4O)[C@@]1(O)C=CO[C@H]1O2. The van der Waals surface area contributed by atoms with Crippen LogP contribution in [0.4, 0.5) is 0 Å². The molecule has 2 aromatic rings. The molecule has 1 unspecified atom stereocenters. The number of rotatable bonds is 1. The van der Waals surface area contributed by atoms with E-state index in [4.69, 9.17) is 18.6 Å². The number of aliphatic hydroxyl groups excluding tert-OH is 1. The lowest BCUT2D eigenvalue weighted by molar-refractivity contribution is -0.109. The van der Waals surface area contributed by atoms with Gasteiger partial charge >= 0.3 is 5.63 Å². The van der Waals surface area contributed by atoms with Crippen molar-refractivity contribution in [3.8, 4) is 11.5 Å². The van der Waals surface area contributed by atoms with Crippen molar-refractivity contribution in [3.63, 3.8) is 0 Å². The summed E-state index contributed by atoms with van der Waals surface area (Å²) in [6.45, 7) is 0. The first-order chi connectivity index (χ1) is 11.5. The lowest BCUT2D eigenvalue weighted by atomic mass is 9.91. The molecule has 0 saturated heterocycles. The van der Waals surface area contributed by atoms with E-state index in [0.717, 1.165) is 0 Å². The molecule has 1 aliphatic carbocycles. The summed E-state index contributed by atoms with van der Waals surface area (Å²) in [6, 6.07) is 1.65. The van der Waals surface area contributed by atoms with Crippen LogP contribution in [0.15, 0.2) is 27.6 Å². The van der Waals surface area contributed by atoms with Gasteiger partial charge < -0.3 is 28.8 Å². The number of benzene rings is 1. The van der Waals surface area contributed by atoms with E-state index in [1.807, 2.05) is 0 Å². The number of fused-ring (bicyclic) bond motifs is 7. The van der Waals surface area contributed by atoms with Crippen LogP contribution in [-0.4, -0.2) is 23.6 Å². The van der Waals surface area contributed by atoms with Gasteiger partial charge in [0.05, 0.1) is 36.0 Å². The van der Waals surface area contributed by atoms with Gasteiger partial charge in [0.15, 0.2) is 11.2 Å². The Morgan fingerprint density at radius 3 is 3.04 bits per heavy atom. The molecule has 7 nitrogen and oxygen atoms in total. The zero-order valence-electron chi connectivity index (χ0n) is 12.7. The molecule has 3 heterocycles. The highest BCUT2D eigenvalue weighted by atomic mass is 16.7. The van der Waals surface area contributed by atoms with Gasteiger partial charge in [0.1, 0.15) is 11.5 Å². The van der Waals surface area contributed by atoms with Crippen LogP contribution in [0.3, 0.4) is 0 Å². The van der Waals surface area contributed by atoms with Crippen molar-refractivity contribution < 1.29 is 28.8 Å². The maximum absolute atomic E-state index is 12.4. The van der Waals surface area contributed by atoms with Gasteiger partial charge in [0, 0.05) is 6.07 Å². The van der Waals surface area contributed by atoms with E-state index in [1.54, 1.807) is 6.07 Å². The fourth-order valence-electron chi connectivity index (χ4n) is 3.89. The molecule has 2 aliphatic heterocycles. The molecular formula is C17H14O7. The third-order valence-corrected chi connectivity index (χ3v) is 4.99. The number of hydrogen-bond donors (Lipinski definition) is 2. The van der Waals surface area contributed by atoms with Crippen LogP contribution in [0.5, 0.6) is 11.5 Å². The third kappa shape index (κ3) is 1.46. The van der Waals surface area contributed by atoms with Gasteiger partial charge in [-0.05, 0) is 24.5 Å². The van der Waals surface area contributed by atoms with Gasteiger partial charge in [0.25, 0.3) is 6.29 Å². The van der Waals surface area contributed by atoms with E-state index in [-0.39, 0.29) is 11.1 Å². The van der Waals surface area contributed by atoms with Crippen molar-refractivity contribution in [2.45, 2.75) is 30.8 Å². The Morgan fingerprint density at radius 1 is 1.42 bits per heavy atom. The molecule has 0 radical (unpaired) electrons. The zero-order valence-corrected chi connectivity index (χ0v) is 12.7. The fourth-order valence-corrected chi connectivity index (χ4v) is 3.89. The first-order valence-corrected chi connectivity index (χ1v) is 7.66. The molecule has 0 saturated carbocycles. The molecule has 2 N–H and O–H groups in total. The highest BCUT2D eigenvalue weighted by Crippen LogP contribution is 2.52. The first kappa shape index (κ1) is 13.9. The summed E-state index contributed by atoms with van der Waals surface area (Å²) in [7, 11) is 1.50. The van der Waals surface area contributed by atoms with Gasteiger partial charge in [0.2, 0.25) is 0 Å². The van der Waals surface area contributed by atoms with Crippen molar-refractivity contribution in [2.75, 3.05) is 7.11 Å². The second-order valence-electron chi connectivity index (χ2n) is 6.21. The molecule has 0 amide bonds. The molecule has 0 fully saturated rings. The molecule has 3 aliphatic rings. The number of aliphatic hydroxyl groups is 2. The predicted molar refractivity (Wildman–Crippen MR) is 80.9 cm³/mol. The molecule has 5 rings (SSSR count). The number of methoxy groups -OCH3 is 1. The second kappa shape index (κ2) is 4.31. The van der Waals surface area contributed by atoms with Crippen molar-refractivity contribution in [2.24, 2.45) is 0 Å². The van der Waals surface area contributed by atoms with Gasteiger partial charge in [-0.3, -0.25) is 0 Å². The fraction of sp³-hybridized carbons (Fsp3) is 0.353. The van der Waals surface area contributed by atoms with Crippen LogP contribution in [0.25, 0.3) is 11.0 Å². The smallest absolute Gasteiger partial charge is 0.342 e. The molecule has 7 heteroatoms. The van der Waals surface area contributed by atoms with E-state index < -0.39 is 23.6 Å². The summed E-state index contributed by atoms with van der Waals surface area (Å²) in [4.78, 5) is 12.4. The Kier molecular flexibility index (Phi) is 2.49. The average molecular weight is 330 g/mol. The van der Waals surface area contributed by atoms with Crippen LogP contribution >= 0.6 is 0 Å². The normalized spacial score (nSPS) is 29.1. The van der Waals surface area contributed by atoms with Crippen LogP contribution in [0, 0.1) is 0 Å². The molecule has 0 spiro atoms. The summed E-state index contributed by atoms with van der Waals surface area (Å²) in [5.41, 5.74) is -0.611. The molecule has 1 aromatic heterocycles. The van der Waals surface area contributed by atoms with Crippen LogP contribution in [-0.2, 0) is 16.8 Å². The Balaban J connectivity index is 1.95. The van der Waals surface area contributed by atoms with E-state index in [2.05, 4.69) is 0 Å².